The number of nitrogens with zero attached hydrogens (tertiary/aromatic N) is 1. The second-order valence-electron chi connectivity index (χ2n) is 3.45. The van der Waals surface area contributed by atoms with Crippen molar-refractivity contribution in [2.45, 2.75) is 27.2 Å². The van der Waals surface area contributed by atoms with E-state index in [9.17, 15) is 4.79 Å². The highest BCUT2D eigenvalue weighted by Gasteiger charge is 2.16. The lowest BCUT2D eigenvalue weighted by molar-refractivity contribution is 0.0769. The van der Waals surface area contributed by atoms with E-state index in [1.165, 1.54) is 11.3 Å². The van der Waals surface area contributed by atoms with E-state index in [0.717, 1.165) is 33.7 Å². The van der Waals surface area contributed by atoms with Crippen LogP contribution in [0.15, 0.2) is 9.85 Å². The molecule has 0 aromatic carbocycles. The van der Waals surface area contributed by atoms with Crippen LogP contribution in [0.2, 0.25) is 0 Å². The van der Waals surface area contributed by atoms with Gasteiger partial charge in [0.15, 0.2) is 0 Å². The van der Waals surface area contributed by atoms with E-state index >= 15 is 0 Å². The molecule has 0 N–H and O–H groups in total. The van der Waals surface area contributed by atoms with Gasteiger partial charge in [0.2, 0.25) is 0 Å². The summed E-state index contributed by atoms with van der Waals surface area (Å²) < 4.78 is 1.05. The quantitative estimate of drug-likeness (QED) is 0.828. The first kappa shape index (κ1) is 12.7. The minimum Gasteiger partial charge on any atom is -0.338 e. The number of rotatable bonds is 4. The average Bonchev–Trinajstić information content (AvgIpc) is 2.55. The Morgan fingerprint density at radius 3 is 2.60 bits per heavy atom. The number of hydrogen-bond acceptors (Lipinski definition) is 2. The zero-order chi connectivity index (χ0) is 11.4. The van der Waals surface area contributed by atoms with Crippen molar-refractivity contribution in [2.24, 2.45) is 0 Å². The maximum atomic E-state index is 12.0. The largest absolute Gasteiger partial charge is 0.338 e. The Hall–Kier alpha value is -0.350. The highest BCUT2D eigenvalue weighted by atomic mass is 79.9. The van der Waals surface area contributed by atoms with Gasteiger partial charge in [-0.1, -0.05) is 6.92 Å². The van der Waals surface area contributed by atoms with Crippen LogP contribution in [0, 0.1) is 6.92 Å². The topological polar surface area (TPSA) is 20.3 Å². The zero-order valence-corrected chi connectivity index (χ0v) is 11.7. The van der Waals surface area contributed by atoms with Gasteiger partial charge in [-0.3, -0.25) is 4.79 Å². The van der Waals surface area contributed by atoms with Gasteiger partial charge in [-0.2, -0.15) is 0 Å². The van der Waals surface area contributed by atoms with E-state index in [2.05, 4.69) is 22.9 Å². The molecule has 1 amide bonds. The fourth-order valence-corrected chi connectivity index (χ4v) is 2.90. The number of halogens is 1. The Balaban J connectivity index is 2.82. The molecule has 84 valence electrons. The van der Waals surface area contributed by atoms with Crippen LogP contribution >= 0.6 is 27.3 Å². The molecular weight excluding hydrogens is 274 g/mol. The van der Waals surface area contributed by atoms with Gasteiger partial charge in [-0.05, 0) is 47.8 Å². The molecule has 1 rings (SSSR count). The van der Waals surface area contributed by atoms with Gasteiger partial charge in [0, 0.05) is 13.1 Å². The van der Waals surface area contributed by atoms with Crippen LogP contribution in [0.5, 0.6) is 0 Å². The highest BCUT2D eigenvalue weighted by Crippen LogP contribution is 2.28. The van der Waals surface area contributed by atoms with Gasteiger partial charge in [0.05, 0.1) is 8.66 Å². The van der Waals surface area contributed by atoms with Crippen LogP contribution in [-0.4, -0.2) is 23.9 Å². The van der Waals surface area contributed by atoms with Gasteiger partial charge in [-0.25, -0.2) is 0 Å². The van der Waals surface area contributed by atoms with E-state index in [4.69, 9.17) is 0 Å². The molecule has 1 aromatic heterocycles. The number of carbonyl (C=O) groups is 1. The average molecular weight is 290 g/mol. The van der Waals surface area contributed by atoms with Crippen molar-refractivity contribution in [3.63, 3.8) is 0 Å². The smallest absolute Gasteiger partial charge is 0.263 e. The molecule has 15 heavy (non-hydrogen) atoms. The Labute approximate surface area is 103 Å². The van der Waals surface area contributed by atoms with Gasteiger partial charge >= 0.3 is 0 Å². The second kappa shape index (κ2) is 5.66. The lowest BCUT2D eigenvalue weighted by Gasteiger charge is -2.18. The molecule has 1 aromatic rings. The van der Waals surface area contributed by atoms with Gasteiger partial charge in [0.1, 0.15) is 0 Å². The molecule has 0 radical (unpaired) electrons. The van der Waals surface area contributed by atoms with Crippen molar-refractivity contribution >= 4 is 33.2 Å². The Morgan fingerprint density at radius 1 is 1.53 bits per heavy atom. The lowest BCUT2D eigenvalue weighted by atomic mass is 10.3. The van der Waals surface area contributed by atoms with E-state index < -0.39 is 0 Å². The fraction of sp³-hybridized carbons (Fsp3) is 0.545. The van der Waals surface area contributed by atoms with Crippen molar-refractivity contribution < 1.29 is 4.79 Å². The first-order chi connectivity index (χ1) is 7.10. The van der Waals surface area contributed by atoms with Crippen LogP contribution in [0.25, 0.3) is 0 Å². The summed E-state index contributed by atoms with van der Waals surface area (Å²) in [5.41, 5.74) is 1.14. The molecule has 0 bridgehead atoms. The SMILES string of the molecule is CCCN(CC)C(=O)c1cc(C)c(Br)s1. The second-order valence-corrected chi connectivity index (χ2v) is 5.82. The van der Waals surface area contributed by atoms with E-state index in [-0.39, 0.29) is 5.91 Å². The summed E-state index contributed by atoms with van der Waals surface area (Å²) in [6, 6.07) is 1.95. The predicted molar refractivity (Wildman–Crippen MR) is 68.6 cm³/mol. The molecule has 0 atom stereocenters. The Kier molecular flexibility index (Phi) is 4.80. The minimum absolute atomic E-state index is 0.151. The normalized spacial score (nSPS) is 10.4. The predicted octanol–water partition coefficient (Wildman–Crippen LogP) is 3.69. The standard InChI is InChI=1S/C11H16BrNOS/c1-4-6-13(5-2)11(14)9-7-8(3)10(12)15-9/h7H,4-6H2,1-3H3. The first-order valence-corrected chi connectivity index (χ1v) is 6.76. The third-order valence-electron chi connectivity index (χ3n) is 2.23. The first-order valence-electron chi connectivity index (χ1n) is 5.15. The molecule has 0 aliphatic rings. The number of carbonyl (C=O) groups excluding carboxylic acids is 1. The number of aryl methyl sites for hydroxylation is 1. The van der Waals surface area contributed by atoms with Gasteiger partial charge < -0.3 is 4.90 Å². The summed E-state index contributed by atoms with van der Waals surface area (Å²) in [5.74, 6) is 0.151. The summed E-state index contributed by atoms with van der Waals surface area (Å²) in [5, 5.41) is 0. The van der Waals surface area contributed by atoms with Crippen LogP contribution in [-0.2, 0) is 0 Å². The third kappa shape index (κ3) is 3.05. The molecule has 1 heterocycles. The van der Waals surface area contributed by atoms with Crippen LogP contribution in [0.3, 0.4) is 0 Å². The van der Waals surface area contributed by atoms with E-state index in [1.54, 1.807) is 0 Å². The summed E-state index contributed by atoms with van der Waals surface area (Å²) in [7, 11) is 0. The number of hydrogen-bond donors (Lipinski definition) is 0. The summed E-state index contributed by atoms with van der Waals surface area (Å²) in [4.78, 5) is 14.8. The van der Waals surface area contributed by atoms with Crippen LogP contribution in [0.1, 0.15) is 35.5 Å². The van der Waals surface area contributed by atoms with Crippen LogP contribution in [0.4, 0.5) is 0 Å². The molecule has 0 aliphatic carbocycles. The van der Waals surface area contributed by atoms with Crippen molar-refractivity contribution in [2.75, 3.05) is 13.1 Å². The monoisotopic (exact) mass is 289 g/mol. The van der Waals surface area contributed by atoms with Crippen LogP contribution < -0.4 is 0 Å². The highest BCUT2D eigenvalue weighted by molar-refractivity contribution is 9.11. The van der Waals surface area contributed by atoms with E-state index in [0.29, 0.717) is 0 Å². The number of thiophene rings is 1. The van der Waals surface area contributed by atoms with Crippen molar-refractivity contribution in [1.82, 2.24) is 4.90 Å². The van der Waals surface area contributed by atoms with E-state index in [1.807, 2.05) is 24.8 Å². The molecule has 2 nitrogen and oxygen atoms in total. The van der Waals surface area contributed by atoms with Gasteiger partial charge in [-0.15, -0.1) is 11.3 Å². The maximum absolute atomic E-state index is 12.0. The molecule has 4 heteroatoms. The maximum Gasteiger partial charge on any atom is 0.263 e. The lowest BCUT2D eigenvalue weighted by Crippen LogP contribution is -2.30. The minimum atomic E-state index is 0.151. The molecule has 0 unspecified atom stereocenters. The van der Waals surface area contributed by atoms with Crippen molar-refractivity contribution in [1.29, 1.82) is 0 Å². The van der Waals surface area contributed by atoms with Crippen molar-refractivity contribution in [3.05, 3.63) is 20.3 Å². The third-order valence-corrected chi connectivity index (χ3v) is 4.36. The van der Waals surface area contributed by atoms with Gasteiger partial charge in [0.25, 0.3) is 5.91 Å². The summed E-state index contributed by atoms with van der Waals surface area (Å²) in [6.45, 7) is 7.73. The number of amides is 1. The molecule has 0 saturated carbocycles. The summed E-state index contributed by atoms with van der Waals surface area (Å²) >= 11 is 4.96. The molecule has 0 spiro atoms. The molecule has 0 saturated heterocycles. The Bertz CT molecular complexity index is 329. The van der Waals surface area contributed by atoms with Crippen molar-refractivity contribution in [3.8, 4) is 0 Å². The Morgan fingerprint density at radius 2 is 2.20 bits per heavy atom. The molecular formula is C11H16BrNOS. The molecule has 0 aliphatic heterocycles. The molecule has 0 fully saturated rings. The zero-order valence-electron chi connectivity index (χ0n) is 9.34. The summed E-state index contributed by atoms with van der Waals surface area (Å²) in [6.07, 6.45) is 1.01. The fourth-order valence-electron chi connectivity index (χ4n) is 1.39.